The summed E-state index contributed by atoms with van der Waals surface area (Å²) in [5.74, 6) is 0. The van der Waals surface area contributed by atoms with E-state index in [-0.39, 0.29) is 5.69 Å². The maximum atomic E-state index is 12.4. The monoisotopic (exact) mass is 239 g/mol. The normalized spacial score (nSPS) is 11.5. The van der Waals surface area contributed by atoms with Crippen LogP contribution in [-0.4, -0.2) is 9.55 Å². The second kappa shape index (κ2) is 4.04. The van der Waals surface area contributed by atoms with Gasteiger partial charge in [-0.2, -0.15) is 13.2 Å². The first-order valence-electron chi connectivity index (χ1n) is 4.61. The number of hydrogen-bond acceptors (Lipinski definition) is 2. The summed E-state index contributed by atoms with van der Waals surface area (Å²) in [7, 11) is 0. The summed E-state index contributed by atoms with van der Waals surface area (Å²) in [5, 5.41) is 0. The van der Waals surface area contributed by atoms with Crippen LogP contribution in [0, 0.1) is 6.07 Å². The highest BCUT2D eigenvalue weighted by molar-refractivity contribution is 5.33. The molecule has 1 radical (unpaired) electrons. The van der Waals surface area contributed by atoms with Gasteiger partial charge in [0, 0.05) is 18.5 Å². The number of alkyl halides is 3. The van der Waals surface area contributed by atoms with E-state index in [0.29, 0.717) is 0 Å². The average molecular weight is 239 g/mol. The fourth-order valence-corrected chi connectivity index (χ4v) is 1.32. The van der Waals surface area contributed by atoms with Crippen molar-refractivity contribution in [3.8, 4) is 5.69 Å². The van der Waals surface area contributed by atoms with Gasteiger partial charge in [0.1, 0.15) is 5.69 Å². The third kappa shape index (κ3) is 2.35. The van der Waals surface area contributed by atoms with Crippen LogP contribution in [0.4, 0.5) is 13.2 Å². The van der Waals surface area contributed by atoms with Gasteiger partial charge in [0.15, 0.2) is 0 Å². The zero-order valence-corrected chi connectivity index (χ0v) is 8.40. The minimum Gasteiger partial charge on any atom is -0.284 e. The molecule has 0 bridgehead atoms. The minimum atomic E-state index is -4.53. The molecule has 0 spiro atoms. The first kappa shape index (κ1) is 11.4. The Morgan fingerprint density at radius 3 is 2.76 bits per heavy atom. The molecule has 0 N–H and O–H groups in total. The van der Waals surface area contributed by atoms with Crippen molar-refractivity contribution < 1.29 is 13.2 Å². The van der Waals surface area contributed by atoms with E-state index in [2.05, 4.69) is 11.1 Å². The Morgan fingerprint density at radius 2 is 2.12 bits per heavy atom. The summed E-state index contributed by atoms with van der Waals surface area (Å²) < 4.78 is 38.4. The van der Waals surface area contributed by atoms with Gasteiger partial charge < -0.3 is 0 Å². The largest absolute Gasteiger partial charge is 0.433 e. The average Bonchev–Trinajstić information content (AvgIpc) is 2.29. The maximum absolute atomic E-state index is 12.4. The summed E-state index contributed by atoms with van der Waals surface area (Å²) >= 11 is 0. The Hall–Kier alpha value is -2.11. The topological polar surface area (TPSA) is 34.9 Å². The number of halogens is 3. The number of nitrogens with zero attached hydrogens (tertiary/aromatic N) is 2. The Labute approximate surface area is 94.2 Å². The number of pyridine rings is 2. The van der Waals surface area contributed by atoms with Crippen molar-refractivity contribution in [2.75, 3.05) is 0 Å². The second-order valence-corrected chi connectivity index (χ2v) is 3.23. The number of aromatic nitrogens is 2. The molecule has 2 rings (SSSR count). The lowest BCUT2D eigenvalue weighted by atomic mass is 10.3. The predicted octanol–water partition coefficient (Wildman–Crippen LogP) is 2.05. The van der Waals surface area contributed by atoms with Crippen molar-refractivity contribution in [2.24, 2.45) is 0 Å². The summed E-state index contributed by atoms with van der Waals surface area (Å²) in [6, 6.07) is 7.28. The van der Waals surface area contributed by atoms with Crippen LogP contribution < -0.4 is 5.56 Å². The summed E-state index contributed by atoms with van der Waals surface area (Å²) in [6.07, 6.45) is -2.17. The minimum absolute atomic E-state index is 0.117. The van der Waals surface area contributed by atoms with Gasteiger partial charge in [0.05, 0.1) is 5.69 Å². The smallest absolute Gasteiger partial charge is 0.284 e. The van der Waals surface area contributed by atoms with Crippen LogP contribution in [0.25, 0.3) is 5.69 Å². The van der Waals surface area contributed by atoms with Crippen molar-refractivity contribution in [3.63, 3.8) is 0 Å². The molecule has 17 heavy (non-hydrogen) atoms. The SMILES string of the molecule is O=c1c[c]ccn1-c1ccnc(C(F)(F)F)c1. The Bertz CT molecular complexity index is 590. The quantitative estimate of drug-likeness (QED) is 0.763. The van der Waals surface area contributed by atoms with E-state index in [0.717, 1.165) is 22.9 Å². The van der Waals surface area contributed by atoms with E-state index >= 15 is 0 Å². The second-order valence-electron chi connectivity index (χ2n) is 3.23. The van der Waals surface area contributed by atoms with Gasteiger partial charge in [0.2, 0.25) is 0 Å². The Kier molecular flexibility index (Phi) is 2.71. The standard InChI is InChI=1S/C11H6F3N2O/c12-11(13,14)9-7-8(4-5-15-9)16-6-2-1-3-10(16)17/h2-7H. The van der Waals surface area contributed by atoms with E-state index in [1.807, 2.05) is 0 Å². The summed E-state index contributed by atoms with van der Waals surface area (Å²) in [5.41, 5.74) is -1.37. The third-order valence-electron chi connectivity index (χ3n) is 2.08. The number of rotatable bonds is 1. The highest BCUT2D eigenvalue weighted by Gasteiger charge is 2.32. The Balaban J connectivity index is 2.55. The van der Waals surface area contributed by atoms with Gasteiger partial charge >= 0.3 is 6.18 Å². The molecule has 0 saturated heterocycles. The molecule has 0 fully saturated rings. The van der Waals surface area contributed by atoms with Gasteiger partial charge in [-0.15, -0.1) is 0 Å². The zero-order valence-electron chi connectivity index (χ0n) is 8.40. The molecule has 0 aliphatic carbocycles. The van der Waals surface area contributed by atoms with Crippen LogP contribution in [0.5, 0.6) is 0 Å². The van der Waals surface area contributed by atoms with E-state index in [1.165, 1.54) is 18.3 Å². The molecular weight excluding hydrogens is 233 g/mol. The van der Waals surface area contributed by atoms with Crippen LogP contribution >= 0.6 is 0 Å². The molecule has 0 aromatic carbocycles. The fraction of sp³-hybridized carbons (Fsp3) is 0.0909. The Morgan fingerprint density at radius 1 is 1.35 bits per heavy atom. The first-order valence-corrected chi connectivity index (χ1v) is 4.61. The van der Waals surface area contributed by atoms with E-state index in [9.17, 15) is 18.0 Å². The van der Waals surface area contributed by atoms with Gasteiger partial charge in [-0.1, -0.05) is 0 Å². The summed E-state index contributed by atoms with van der Waals surface area (Å²) in [4.78, 5) is 14.6. The molecule has 0 unspecified atom stereocenters. The van der Waals surface area contributed by atoms with Crippen molar-refractivity contribution in [2.45, 2.75) is 6.18 Å². The van der Waals surface area contributed by atoms with Crippen LogP contribution in [0.2, 0.25) is 0 Å². The number of hydrogen-bond donors (Lipinski definition) is 0. The lowest BCUT2D eigenvalue weighted by molar-refractivity contribution is -0.141. The molecule has 0 aliphatic heterocycles. The molecule has 2 heterocycles. The van der Waals surface area contributed by atoms with E-state index < -0.39 is 17.4 Å². The molecule has 6 heteroatoms. The molecule has 3 nitrogen and oxygen atoms in total. The zero-order chi connectivity index (χ0) is 12.5. The fourth-order valence-electron chi connectivity index (χ4n) is 1.32. The van der Waals surface area contributed by atoms with Gasteiger partial charge in [-0.3, -0.25) is 14.3 Å². The summed E-state index contributed by atoms with van der Waals surface area (Å²) in [6.45, 7) is 0. The van der Waals surface area contributed by atoms with Gasteiger partial charge in [0.25, 0.3) is 5.56 Å². The molecule has 2 aromatic rings. The molecule has 0 saturated carbocycles. The molecule has 0 aliphatic rings. The molecule has 87 valence electrons. The van der Waals surface area contributed by atoms with Crippen molar-refractivity contribution in [1.82, 2.24) is 9.55 Å². The predicted molar refractivity (Wildman–Crippen MR) is 53.7 cm³/mol. The van der Waals surface area contributed by atoms with Gasteiger partial charge in [-0.05, 0) is 24.3 Å². The first-order chi connectivity index (χ1) is 7.98. The third-order valence-corrected chi connectivity index (χ3v) is 2.08. The molecule has 2 aromatic heterocycles. The lowest BCUT2D eigenvalue weighted by Gasteiger charge is -2.08. The van der Waals surface area contributed by atoms with Crippen molar-refractivity contribution in [1.29, 1.82) is 0 Å². The molecule has 0 atom stereocenters. The molecule has 0 amide bonds. The van der Waals surface area contributed by atoms with Crippen LogP contribution in [0.15, 0.2) is 41.5 Å². The van der Waals surface area contributed by atoms with Crippen molar-refractivity contribution in [3.05, 3.63) is 58.8 Å². The maximum Gasteiger partial charge on any atom is 0.433 e. The van der Waals surface area contributed by atoms with Gasteiger partial charge in [-0.25, -0.2) is 0 Å². The van der Waals surface area contributed by atoms with Crippen LogP contribution in [0.3, 0.4) is 0 Å². The molecular formula is C11H6F3N2O. The van der Waals surface area contributed by atoms with E-state index in [1.54, 1.807) is 0 Å². The van der Waals surface area contributed by atoms with Crippen LogP contribution in [-0.2, 0) is 6.18 Å². The van der Waals surface area contributed by atoms with Crippen molar-refractivity contribution >= 4 is 0 Å². The lowest BCUT2D eigenvalue weighted by Crippen LogP contribution is -2.17. The highest BCUT2D eigenvalue weighted by atomic mass is 19.4. The van der Waals surface area contributed by atoms with E-state index in [4.69, 9.17) is 0 Å². The van der Waals surface area contributed by atoms with Crippen LogP contribution in [0.1, 0.15) is 5.69 Å². The highest BCUT2D eigenvalue weighted by Crippen LogP contribution is 2.28.